The third kappa shape index (κ3) is 6.15. The number of hydrogen-bond donors (Lipinski definition) is 2. The molecule has 9 heteroatoms. The van der Waals surface area contributed by atoms with E-state index in [0.717, 1.165) is 24.0 Å². The average molecular weight is 516 g/mol. The molecule has 1 aromatic carbocycles. The van der Waals surface area contributed by atoms with Crippen LogP contribution in [-0.2, 0) is 6.54 Å². The highest BCUT2D eigenvalue weighted by atomic mass is 127. The minimum absolute atomic E-state index is 0. The van der Waals surface area contributed by atoms with Crippen molar-refractivity contribution in [3.63, 3.8) is 0 Å². The van der Waals surface area contributed by atoms with E-state index in [9.17, 15) is 8.78 Å². The fourth-order valence-electron chi connectivity index (χ4n) is 3.21. The Morgan fingerprint density at radius 3 is 2.76 bits per heavy atom. The number of aliphatic imine (C=N–C) groups is 1. The molecule has 1 saturated heterocycles. The molecular formula is C20H27F2IN6. The first-order chi connectivity index (χ1) is 13.5. The summed E-state index contributed by atoms with van der Waals surface area (Å²) in [6.45, 7) is 1.87. The topological polar surface area (TPSA) is 55.8 Å². The van der Waals surface area contributed by atoms with E-state index in [-0.39, 0.29) is 30.0 Å². The zero-order valence-corrected chi connectivity index (χ0v) is 19.2. The van der Waals surface area contributed by atoms with E-state index in [4.69, 9.17) is 0 Å². The Labute approximate surface area is 187 Å². The van der Waals surface area contributed by atoms with Gasteiger partial charge < -0.3 is 20.4 Å². The van der Waals surface area contributed by atoms with Crippen molar-refractivity contribution >= 4 is 41.4 Å². The smallest absolute Gasteiger partial charge is 0.191 e. The summed E-state index contributed by atoms with van der Waals surface area (Å²) < 4.78 is 27.1. The Hall–Kier alpha value is -2.17. The van der Waals surface area contributed by atoms with E-state index in [2.05, 4.69) is 20.6 Å². The predicted octanol–water partition coefficient (Wildman–Crippen LogP) is 2.99. The molecule has 1 aliphatic heterocycles. The second kappa shape index (κ2) is 10.6. The van der Waals surface area contributed by atoms with Crippen LogP contribution in [0.2, 0.25) is 0 Å². The normalized spacial score (nSPS) is 16.4. The maximum atomic E-state index is 14.0. The number of halogens is 3. The zero-order chi connectivity index (χ0) is 20.1. The van der Waals surface area contributed by atoms with Crippen LogP contribution in [0.5, 0.6) is 0 Å². The number of pyridine rings is 1. The highest BCUT2D eigenvalue weighted by Gasteiger charge is 2.25. The summed E-state index contributed by atoms with van der Waals surface area (Å²) >= 11 is 0. The molecule has 1 aromatic heterocycles. The van der Waals surface area contributed by atoms with Gasteiger partial charge in [-0.2, -0.15) is 0 Å². The van der Waals surface area contributed by atoms with E-state index < -0.39 is 11.6 Å². The van der Waals surface area contributed by atoms with Crippen LogP contribution in [0, 0.1) is 11.6 Å². The monoisotopic (exact) mass is 516 g/mol. The number of anilines is 2. The summed E-state index contributed by atoms with van der Waals surface area (Å²) in [4.78, 5) is 12.7. The first-order valence-electron chi connectivity index (χ1n) is 9.26. The van der Waals surface area contributed by atoms with Crippen molar-refractivity contribution in [3.8, 4) is 0 Å². The lowest BCUT2D eigenvalue weighted by Gasteiger charge is -2.21. The van der Waals surface area contributed by atoms with E-state index in [1.165, 1.54) is 12.1 Å². The lowest BCUT2D eigenvalue weighted by molar-refractivity contribution is 0.580. The minimum Gasteiger partial charge on any atom is -0.367 e. The molecule has 1 aliphatic rings. The summed E-state index contributed by atoms with van der Waals surface area (Å²) in [5, 5.41) is 6.63. The van der Waals surface area contributed by atoms with Crippen LogP contribution < -0.4 is 20.4 Å². The van der Waals surface area contributed by atoms with E-state index >= 15 is 0 Å². The Bertz CT molecular complexity index is 845. The Balaban J connectivity index is 0.00000300. The number of benzene rings is 1. The van der Waals surface area contributed by atoms with Crippen molar-refractivity contribution in [2.75, 3.05) is 44.0 Å². The number of hydrogen-bond acceptors (Lipinski definition) is 4. The quantitative estimate of drug-likeness (QED) is 0.364. The lowest BCUT2D eigenvalue weighted by Crippen LogP contribution is -2.44. The molecule has 3 rings (SSSR count). The van der Waals surface area contributed by atoms with Crippen LogP contribution >= 0.6 is 24.0 Å². The van der Waals surface area contributed by atoms with E-state index in [1.54, 1.807) is 7.05 Å². The highest BCUT2D eigenvalue weighted by Crippen LogP contribution is 2.24. The van der Waals surface area contributed by atoms with E-state index in [0.29, 0.717) is 31.3 Å². The third-order valence-corrected chi connectivity index (χ3v) is 4.69. The van der Waals surface area contributed by atoms with Crippen LogP contribution in [0.1, 0.15) is 12.1 Å². The Morgan fingerprint density at radius 1 is 1.28 bits per heavy atom. The second-order valence-electron chi connectivity index (χ2n) is 6.98. The van der Waals surface area contributed by atoms with Crippen LogP contribution in [0.3, 0.4) is 0 Å². The first kappa shape index (κ1) is 23.1. The van der Waals surface area contributed by atoms with E-state index in [1.807, 2.05) is 42.1 Å². The van der Waals surface area contributed by atoms with Crippen LogP contribution in [0.15, 0.2) is 41.4 Å². The zero-order valence-electron chi connectivity index (χ0n) is 16.8. The summed E-state index contributed by atoms with van der Waals surface area (Å²) in [6, 6.07) is 9.71. The fraction of sp³-hybridized carbons (Fsp3) is 0.400. The summed E-state index contributed by atoms with van der Waals surface area (Å²) in [7, 11) is 5.62. The molecule has 0 amide bonds. The van der Waals surface area contributed by atoms with Crippen molar-refractivity contribution in [2.24, 2.45) is 4.99 Å². The molecule has 29 heavy (non-hydrogen) atoms. The van der Waals surface area contributed by atoms with Gasteiger partial charge in [0.1, 0.15) is 17.5 Å². The molecule has 158 valence electrons. The molecule has 6 nitrogen and oxygen atoms in total. The number of rotatable bonds is 5. The molecule has 2 aromatic rings. The Kier molecular flexibility index (Phi) is 8.42. The number of nitrogens with zero attached hydrogens (tertiary/aromatic N) is 4. The molecule has 1 fully saturated rings. The molecule has 0 saturated carbocycles. The summed E-state index contributed by atoms with van der Waals surface area (Å²) in [6.07, 6.45) is 0.839. The van der Waals surface area contributed by atoms with Crippen molar-refractivity contribution in [1.82, 2.24) is 15.6 Å². The molecule has 0 spiro atoms. The van der Waals surface area contributed by atoms with Crippen molar-refractivity contribution in [3.05, 3.63) is 53.7 Å². The van der Waals surface area contributed by atoms with Gasteiger partial charge in [-0.05, 0) is 30.7 Å². The number of guanidine groups is 1. The first-order valence-corrected chi connectivity index (χ1v) is 9.26. The van der Waals surface area contributed by atoms with Gasteiger partial charge >= 0.3 is 0 Å². The molecule has 2 N–H and O–H groups in total. The molecule has 0 radical (unpaired) electrons. The SMILES string of the molecule is CN=C(NCc1cccc(N(C)C)n1)NC1CCN(c2ccc(F)cc2F)C1.I. The van der Waals surface area contributed by atoms with Gasteiger partial charge in [-0.25, -0.2) is 13.8 Å². The van der Waals surface area contributed by atoms with Gasteiger partial charge in [0.15, 0.2) is 5.96 Å². The summed E-state index contributed by atoms with van der Waals surface area (Å²) in [5.74, 6) is 0.472. The molecule has 0 aliphatic carbocycles. The fourth-order valence-corrected chi connectivity index (χ4v) is 3.21. The molecule has 2 heterocycles. The summed E-state index contributed by atoms with van der Waals surface area (Å²) in [5.41, 5.74) is 1.34. The standard InChI is InChI=1S/C20H26F2N6.HI/c1-23-20(24-12-15-5-4-6-19(25-15)27(2)3)26-16-9-10-28(13-16)18-8-7-14(21)11-17(18)22;/h4-8,11,16H,9-10,12-13H2,1-3H3,(H2,23,24,26);1H. The van der Waals surface area contributed by atoms with Gasteiger partial charge in [0.05, 0.1) is 17.9 Å². The van der Waals surface area contributed by atoms with Gasteiger partial charge in [0.2, 0.25) is 0 Å². The molecule has 1 unspecified atom stereocenters. The second-order valence-corrected chi connectivity index (χ2v) is 6.98. The van der Waals surface area contributed by atoms with Gasteiger partial charge in [-0.15, -0.1) is 24.0 Å². The van der Waals surface area contributed by atoms with Crippen LogP contribution in [0.25, 0.3) is 0 Å². The Morgan fingerprint density at radius 2 is 2.07 bits per heavy atom. The molecule has 0 bridgehead atoms. The van der Waals surface area contributed by atoms with Crippen molar-refractivity contribution in [1.29, 1.82) is 0 Å². The number of aromatic nitrogens is 1. The van der Waals surface area contributed by atoms with Crippen LogP contribution in [0.4, 0.5) is 20.3 Å². The van der Waals surface area contributed by atoms with Gasteiger partial charge in [-0.3, -0.25) is 4.99 Å². The minimum atomic E-state index is -0.563. The molecular weight excluding hydrogens is 489 g/mol. The van der Waals surface area contributed by atoms with Crippen LogP contribution in [-0.4, -0.2) is 51.2 Å². The lowest BCUT2D eigenvalue weighted by atomic mass is 10.2. The largest absolute Gasteiger partial charge is 0.367 e. The van der Waals surface area contributed by atoms with Crippen molar-refractivity contribution < 1.29 is 8.78 Å². The maximum absolute atomic E-state index is 14.0. The molecule has 1 atom stereocenters. The number of nitrogens with one attached hydrogen (secondary N) is 2. The van der Waals surface area contributed by atoms with Gasteiger partial charge in [0.25, 0.3) is 0 Å². The van der Waals surface area contributed by atoms with Gasteiger partial charge in [-0.1, -0.05) is 6.07 Å². The predicted molar refractivity (Wildman–Crippen MR) is 124 cm³/mol. The third-order valence-electron chi connectivity index (χ3n) is 4.69. The van der Waals surface area contributed by atoms with Crippen molar-refractivity contribution in [2.45, 2.75) is 19.0 Å². The van der Waals surface area contributed by atoms with Gasteiger partial charge in [0, 0.05) is 46.3 Å². The maximum Gasteiger partial charge on any atom is 0.191 e. The average Bonchev–Trinajstić information content (AvgIpc) is 3.13. The highest BCUT2D eigenvalue weighted by molar-refractivity contribution is 14.0.